The number of rotatable bonds is 4. The van der Waals surface area contributed by atoms with Crippen LogP contribution >= 0.6 is 15.9 Å². The second-order valence-corrected chi connectivity index (χ2v) is 13.2. The van der Waals surface area contributed by atoms with Gasteiger partial charge in [0, 0.05) is 5.52 Å². The molecule has 0 aliphatic rings. The highest BCUT2D eigenvalue weighted by Gasteiger charge is 2.46. The van der Waals surface area contributed by atoms with Gasteiger partial charge in [0.25, 0.3) is 0 Å². The van der Waals surface area contributed by atoms with Crippen molar-refractivity contribution in [3.05, 3.63) is 34.9 Å². The van der Waals surface area contributed by atoms with Gasteiger partial charge in [-0.2, -0.15) is 0 Å². The average molecular weight is 352 g/mol. The van der Waals surface area contributed by atoms with E-state index in [9.17, 15) is 0 Å². The number of benzene rings is 1. The summed E-state index contributed by atoms with van der Waals surface area (Å²) in [7, 11) is -1.69. The van der Waals surface area contributed by atoms with E-state index in [1.807, 2.05) is 0 Å². The van der Waals surface area contributed by atoms with Crippen LogP contribution < -0.4 is 0 Å². The minimum Gasteiger partial charge on any atom is -0.362 e. The number of hydrogen-bond donors (Lipinski definition) is 0. The predicted molar refractivity (Wildman–Crippen MR) is 96.1 cm³/mol. The van der Waals surface area contributed by atoms with Crippen molar-refractivity contribution in [2.45, 2.75) is 58.2 Å². The molecule has 0 radical (unpaired) electrons. The number of fused-ring (bicyclic) bond motifs is 1. The van der Waals surface area contributed by atoms with Crippen LogP contribution in [0.15, 0.2) is 34.9 Å². The summed E-state index contributed by atoms with van der Waals surface area (Å²) < 4.78 is 3.92. The zero-order valence-electron chi connectivity index (χ0n) is 13.4. The van der Waals surface area contributed by atoms with E-state index in [-0.39, 0.29) is 0 Å². The normalized spacial score (nSPS) is 13.1. The first-order valence-corrected chi connectivity index (χ1v) is 10.6. The molecule has 1 aromatic carbocycles. The van der Waals surface area contributed by atoms with Crippen molar-refractivity contribution in [3.8, 4) is 0 Å². The quantitative estimate of drug-likeness (QED) is 0.559. The van der Waals surface area contributed by atoms with E-state index in [0.29, 0.717) is 16.6 Å². The van der Waals surface area contributed by atoms with Gasteiger partial charge in [-0.3, -0.25) is 0 Å². The topological polar surface area (TPSA) is 4.93 Å². The van der Waals surface area contributed by atoms with Gasteiger partial charge in [0.2, 0.25) is 0 Å². The van der Waals surface area contributed by atoms with Gasteiger partial charge in [-0.25, -0.2) is 0 Å². The van der Waals surface area contributed by atoms with Crippen molar-refractivity contribution >= 4 is 35.1 Å². The SMILES string of the molecule is CC(C)[Si](C(C)C)(C(C)C)n1c(Br)cc2ccccc21. The van der Waals surface area contributed by atoms with Gasteiger partial charge in [0.15, 0.2) is 8.24 Å². The Balaban J connectivity index is 2.85. The third-order valence-corrected chi connectivity index (χ3v) is 12.5. The molecule has 0 atom stereocenters. The second kappa shape index (κ2) is 5.68. The Bertz CT molecular complexity index is 576. The Morgan fingerprint density at radius 1 is 0.900 bits per heavy atom. The molecule has 20 heavy (non-hydrogen) atoms. The minimum absolute atomic E-state index is 0.703. The van der Waals surface area contributed by atoms with E-state index in [4.69, 9.17) is 0 Å². The number of nitrogens with zero attached hydrogens (tertiary/aromatic N) is 1. The maximum absolute atomic E-state index is 3.85. The fourth-order valence-electron chi connectivity index (χ4n) is 4.29. The van der Waals surface area contributed by atoms with E-state index in [2.05, 4.69) is 92.0 Å². The van der Waals surface area contributed by atoms with Gasteiger partial charge in [0.1, 0.15) is 0 Å². The molecule has 0 bridgehead atoms. The molecule has 0 amide bonds. The van der Waals surface area contributed by atoms with Gasteiger partial charge in [-0.15, -0.1) is 0 Å². The Kier molecular flexibility index (Phi) is 4.50. The lowest BCUT2D eigenvalue weighted by molar-refractivity contribution is 0.768. The molecule has 0 N–H and O–H groups in total. The Morgan fingerprint density at radius 3 is 1.90 bits per heavy atom. The Morgan fingerprint density at radius 2 is 1.40 bits per heavy atom. The first-order chi connectivity index (χ1) is 9.33. The molecule has 0 saturated heterocycles. The van der Waals surface area contributed by atoms with Crippen LogP contribution in [0.4, 0.5) is 0 Å². The highest BCUT2D eigenvalue weighted by atomic mass is 79.9. The lowest BCUT2D eigenvalue weighted by Crippen LogP contribution is -2.52. The fraction of sp³-hybridized carbons (Fsp3) is 0.529. The smallest absolute Gasteiger partial charge is 0.170 e. The van der Waals surface area contributed by atoms with Gasteiger partial charge in [0.05, 0.1) is 4.60 Å². The summed E-state index contributed by atoms with van der Waals surface area (Å²) in [6.45, 7) is 14.5. The van der Waals surface area contributed by atoms with Crippen LogP contribution in [-0.4, -0.2) is 12.5 Å². The molecule has 2 rings (SSSR count). The van der Waals surface area contributed by atoms with Crippen LogP contribution in [0.1, 0.15) is 41.5 Å². The van der Waals surface area contributed by atoms with Crippen LogP contribution in [-0.2, 0) is 0 Å². The van der Waals surface area contributed by atoms with Crippen LogP contribution in [0.25, 0.3) is 10.9 Å². The van der Waals surface area contributed by atoms with Crippen molar-refractivity contribution in [2.24, 2.45) is 0 Å². The average Bonchev–Trinajstić information content (AvgIpc) is 2.66. The molecule has 1 nitrogen and oxygen atoms in total. The van der Waals surface area contributed by atoms with Crippen LogP contribution in [0.2, 0.25) is 16.6 Å². The minimum atomic E-state index is -1.69. The number of para-hydroxylation sites is 1. The lowest BCUT2D eigenvalue weighted by Gasteiger charge is -2.45. The third kappa shape index (κ3) is 2.19. The second-order valence-electron chi connectivity index (χ2n) is 6.71. The molecule has 0 aliphatic carbocycles. The Hall–Kier alpha value is -0.543. The van der Waals surface area contributed by atoms with E-state index < -0.39 is 8.24 Å². The van der Waals surface area contributed by atoms with Crippen LogP contribution in [0.3, 0.4) is 0 Å². The standard InChI is InChI=1S/C17H26BrNSi/c1-12(2)20(13(3)4,14(5)6)19-16-10-8-7-9-15(16)11-17(19)18/h7-14H,1-6H3. The Labute approximate surface area is 132 Å². The maximum Gasteiger partial charge on any atom is 0.170 e. The highest BCUT2D eigenvalue weighted by molar-refractivity contribution is 9.10. The molecule has 0 fully saturated rings. The molecule has 0 spiro atoms. The van der Waals surface area contributed by atoms with Crippen LogP contribution in [0, 0.1) is 0 Å². The molecule has 0 unspecified atom stereocenters. The fourth-order valence-corrected chi connectivity index (χ4v) is 12.3. The first kappa shape index (κ1) is 15.8. The summed E-state index contributed by atoms with van der Waals surface area (Å²) >= 11 is 3.85. The third-order valence-electron chi connectivity index (χ3n) is 4.83. The maximum atomic E-state index is 3.85. The summed E-state index contributed by atoms with van der Waals surface area (Å²) in [6.07, 6.45) is 0. The highest BCUT2D eigenvalue weighted by Crippen LogP contribution is 2.46. The molecule has 0 aliphatic heterocycles. The van der Waals surface area contributed by atoms with E-state index in [1.165, 1.54) is 15.5 Å². The van der Waals surface area contributed by atoms with Gasteiger partial charge in [-0.05, 0) is 50.1 Å². The molecule has 3 heteroatoms. The summed E-state index contributed by atoms with van der Waals surface area (Å²) in [6, 6.07) is 11.1. The van der Waals surface area contributed by atoms with E-state index in [0.717, 1.165) is 0 Å². The van der Waals surface area contributed by atoms with Crippen molar-refractivity contribution in [2.75, 3.05) is 0 Å². The molecule has 1 heterocycles. The number of halogens is 1. The van der Waals surface area contributed by atoms with E-state index >= 15 is 0 Å². The van der Waals surface area contributed by atoms with Gasteiger partial charge >= 0.3 is 0 Å². The molecule has 0 saturated carbocycles. The summed E-state index contributed by atoms with van der Waals surface area (Å²) in [4.78, 5) is 0. The molecular formula is C17H26BrNSi. The summed E-state index contributed by atoms with van der Waals surface area (Å²) in [5.41, 5.74) is 3.50. The first-order valence-electron chi connectivity index (χ1n) is 7.59. The molecule has 110 valence electrons. The van der Waals surface area contributed by atoms with E-state index in [1.54, 1.807) is 0 Å². The van der Waals surface area contributed by atoms with Gasteiger partial charge < -0.3 is 4.23 Å². The van der Waals surface area contributed by atoms with Crippen molar-refractivity contribution in [1.82, 2.24) is 4.23 Å². The van der Waals surface area contributed by atoms with Crippen LogP contribution in [0.5, 0.6) is 0 Å². The lowest BCUT2D eigenvalue weighted by atomic mass is 10.3. The summed E-state index contributed by atoms with van der Waals surface area (Å²) in [5, 5.41) is 1.35. The monoisotopic (exact) mass is 351 g/mol. The van der Waals surface area contributed by atoms with Crippen molar-refractivity contribution in [3.63, 3.8) is 0 Å². The molecular weight excluding hydrogens is 326 g/mol. The molecule has 2 aromatic rings. The zero-order valence-corrected chi connectivity index (χ0v) is 16.0. The summed E-state index contributed by atoms with van der Waals surface area (Å²) in [5.74, 6) is 0. The van der Waals surface area contributed by atoms with Crippen molar-refractivity contribution < 1.29 is 0 Å². The van der Waals surface area contributed by atoms with Crippen molar-refractivity contribution in [1.29, 1.82) is 0 Å². The number of aromatic nitrogens is 1. The molecule has 1 aromatic heterocycles. The van der Waals surface area contributed by atoms with Gasteiger partial charge in [-0.1, -0.05) is 59.7 Å². The zero-order chi connectivity index (χ0) is 15.1. The number of hydrogen-bond acceptors (Lipinski definition) is 0. The predicted octanol–water partition coefficient (Wildman–Crippen LogP) is 6.43. The largest absolute Gasteiger partial charge is 0.362 e.